The fourth-order valence-electron chi connectivity index (χ4n) is 2.86. The summed E-state index contributed by atoms with van der Waals surface area (Å²) in [5.74, 6) is 1.85. The number of hydrogen-bond acceptors (Lipinski definition) is 4. The van der Waals surface area contributed by atoms with Crippen molar-refractivity contribution >= 4 is 5.82 Å². The Morgan fingerprint density at radius 2 is 1.65 bits per heavy atom. The molecule has 1 aromatic heterocycles. The molecule has 0 atom stereocenters. The van der Waals surface area contributed by atoms with Gasteiger partial charge in [-0.1, -0.05) is 45.0 Å². The maximum absolute atomic E-state index is 4.81. The summed E-state index contributed by atoms with van der Waals surface area (Å²) in [6, 6.07) is 10.7. The third-order valence-electron chi connectivity index (χ3n) is 4.29. The number of anilines is 1. The number of aromatic nitrogens is 2. The van der Waals surface area contributed by atoms with E-state index in [1.807, 2.05) is 6.92 Å². The number of nitrogens with one attached hydrogen (secondary N) is 1. The van der Waals surface area contributed by atoms with Crippen LogP contribution in [-0.4, -0.2) is 36.1 Å². The van der Waals surface area contributed by atoms with Crippen LogP contribution in [0.25, 0.3) is 11.4 Å². The van der Waals surface area contributed by atoms with Crippen LogP contribution < -0.4 is 10.2 Å². The molecule has 1 aliphatic heterocycles. The average Bonchev–Trinajstić information content (AvgIpc) is 2.54. The smallest absolute Gasteiger partial charge is 0.161 e. The van der Waals surface area contributed by atoms with Gasteiger partial charge >= 0.3 is 0 Å². The summed E-state index contributed by atoms with van der Waals surface area (Å²) in [5, 5.41) is 3.38. The first-order valence-corrected chi connectivity index (χ1v) is 8.36. The summed E-state index contributed by atoms with van der Waals surface area (Å²) in [7, 11) is 0. The number of piperazine rings is 1. The van der Waals surface area contributed by atoms with Crippen molar-refractivity contribution in [2.24, 2.45) is 0 Å². The summed E-state index contributed by atoms with van der Waals surface area (Å²) >= 11 is 0. The third kappa shape index (κ3) is 3.70. The van der Waals surface area contributed by atoms with Gasteiger partial charge in [-0.15, -0.1) is 0 Å². The molecule has 1 saturated heterocycles. The van der Waals surface area contributed by atoms with E-state index in [9.17, 15) is 0 Å². The molecule has 122 valence electrons. The lowest BCUT2D eigenvalue weighted by Crippen LogP contribution is -2.44. The lowest BCUT2D eigenvalue weighted by molar-refractivity contribution is 0.584. The van der Waals surface area contributed by atoms with E-state index >= 15 is 0 Å². The second-order valence-electron chi connectivity index (χ2n) is 7.26. The largest absolute Gasteiger partial charge is 0.354 e. The predicted molar refractivity (Wildman–Crippen MR) is 96.0 cm³/mol. The molecule has 1 N–H and O–H groups in total. The zero-order valence-corrected chi connectivity index (χ0v) is 14.6. The van der Waals surface area contributed by atoms with E-state index in [4.69, 9.17) is 4.98 Å². The molecule has 0 spiro atoms. The number of benzene rings is 1. The average molecular weight is 310 g/mol. The van der Waals surface area contributed by atoms with Gasteiger partial charge in [-0.25, -0.2) is 9.97 Å². The van der Waals surface area contributed by atoms with Crippen LogP contribution in [0.1, 0.15) is 32.0 Å². The standard InChI is InChI=1S/C19H26N4/c1-14-13-17(23-11-9-20-10-12-23)22-18(21-14)15-5-7-16(8-6-15)19(2,3)4/h5-8,13,20H,9-12H2,1-4H3. The van der Waals surface area contributed by atoms with Gasteiger partial charge < -0.3 is 10.2 Å². The summed E-state index contributed by atoms with van der Waals surface area (Å²) in [6.07, 6.45) is 0. The Hall–Kier alpha value is -1.94. The van der Waals surface area contributed by atoms with Crippen molar-refractivity contribution in [2.75, 3.05) is 31.1 Å². The molecule has 1 aromatic carbocycles. The summed E-state index contributed by atoms with van der Waals surface area (Å²) in [4.78, 5) is 11.8. The predicted octanol–water partition coefficient (Wildman–Crippen LogP) is 3.16. The first-order chi connectivity index (χ1) is 10.9. The zero-order chi connectivity index (χ0) is 16.4. The van der Waals surface area contributed by atoms with Gasteiger partial charge in [0.1, 0.15) is 5.82 Å². The van der Waals surface area contributed by atoms with Crippen LogP contribution >= 0.6 is 0 Å². The van der Waals surface area contributed by atoms with Gasteiger partial charge in [0.2, 0.25) is 0 Å². The summed E-state index contributed by atoms with van der Waals surface area (Å²) < 4.78 is 0. The lowest BCUT2D eigenvalue weighted by atomic mass is 9.87. The lowest BCUT2D eigenvalue weighted by Gasteiger charge is -2.28. The molecule has 3 rings (SSSR count). The molecule has 0 saturated carbocycles. The Labute approximate surface area is 139 Å². The van der Waals surface area contributed by atoms with Crippen LogP contribution in [-0.2, 0) is 5.41 Å². The number of rotatable bonds is 2. The fraction of sp³-hybridized carbons (Fsp3) is 0.474. The second kappa shape index (κ2) is 6.28. The highest BCUT2D eigenvalue weighted by molar-refractivity contribution is 5.59. The molecule has 0 bridgehead atoms. The Morgan fingerprint density at radius 3 is 2.26 bits per heavy atom. The zero-order valence-electron chi connectivity index (χ0n) is 14.6. The summed E-state index contributed by atoms with van der Waals surface area (Å²) in [5.41, 5.74) is 3.59. The maximum atomic E-state index is 4.81. The number of hydrogen-bond donors (Lipinski definition) is 1. The highest BCUT2D eigenvalue weighted by Crippen LogP contribution is 2.26. The van der Waals surface area contributed by atoms with Crippen LogP contribution in [0.4, 0.5) is 5.82 Å². The van der Waals surface area contributed by atoms with E-state index in [0.717, 1.165) is 49.1 Å². The fourth-order valence-corrected chi connectivity index (χ4v) is 2.86. The first-order valence-electron chi connectivity index (χ1n) is 8.36. The molecule has 0 amide bonds. The van der Waals surface area contributed by atoms with E-state index in [-0.39, 0.29) is 5.41 Å². The molecule has 1 fully saturated rings. The van der Waals surface area contributed by atoms with Gasteiger partial charge in [-0.2, -0.15) is 0 Å². The molecular weight excluding hydrogens is 284 g/mol. The molecule has 0 unspecified atom stereocenters. The molecule has 0 radical (unpaired) electrons. The van der Waals surface area contributed by atoms with Crippen molar-refractivity contribution < 1.29 is 0 Å². The van der Waals surface area contributed by atoms with Gasteiger partial charge in [0.05, 0.1) is 0 Å². The SMILES string of the molecule is Cc1cc(N2CCNCC2)nc(-c2ccc(C(C)(C)C)cc2)n1. The van der Waals surface area contributed by atoms with E-state index in [1.165, 1.54) is 5.56 Å². The minimum Gasteiger partial charge on any atom is -0.354 e. The maximum Gasteiger partial charge on any atom is 0.161 e. The van der Waals surface area contributed by atoms with Crippen LogP contribution in [0.5, 0.6) is 0 Å². The molecule has 4 nitrogen and oxygen atoms in total. The molecule has 2 heterocycles. The second-order valence-corrected chi connectivity index (χ2v) is 7.26. The molecule has 4 heteroatoms. The van der Waals surface area contributed by atoms with E-state index in [2.05, 4.69) is 66.3 Å². The van der Waals surface area contributed by atoms with Crippen molar-refractivity contribution in [3.05, 3.63) is 41.6 Å². The van der Waals surface area contributed by atoms with Crippen LogP contribution in [0.2, 0.25) is 0 Å². The first kappa shape index (κ1) is 15.9. The molecule has 23 heavy (non-hydrogen) atoms. The van der Waals surface area contributed by atoms with Gasteiger partial charge in [0, 0.05) is 43.5 Å². The van der Waals surface area contributed by atoms with Crippen molar-refractivity contribution in [2.45, 2.75) is 33.1 Å². The third-order valence-corrected chi connectivity index (χ3v) is 4.29. The Morgan fingerprint density at radius 1 is 1.00 bits per heavy atom. The van der Waals surface area contributed by atoms with Crippen LogP contribution in [0.3, 0.4) is 0 Å². The van der Waals surface area contributed by atoms with Gasteiger partial charge in [-0.05, 0) is 17.9 Å². The Kier molecular flexibility index (Phi) is 4.35. The highest BCUT2D eigenvalue weighted by Gasteiger charge is 2.16. The van der Waals surface area contributed by atoms with Crippen molar-refractivity contribution in [3.63, 3.8) is 0 Å². The summed E-state index contributed by atoms with van der Waals surface area (Å²) in [6.45, 7) is 12.8. The molecule has 0 aliphatic carbocycles. The monoisotopic (exact) mass is 310 g/mol. The molecule has 2 aromatic rings. The quantitative estimate of drug-likeness (QED) is 0.925. The van der Waals surface area contributed by atoms with E-state index in [1.54, 1.807) is 0 Å². The highest BCUT2D eigenvalue weighted by atomic mass is 15.2. The van der Waals surface area contributed by atoms with Gasteiger partial charge in [-0.3, -0.25) is 0 Å². The number of aryl methyl sites for hydroxylation is 1. The minimum atomic E-state index is 0.165. The minimum absolute atomic E-state index is 0.165. The van der Waals surface area contributed by atoms with Crippen LogP contribution in [0.15, 0.2) is 30.3 Å². The molecular formula is C19H26N4. The van der Waals surface area contributed by atoms with Gasteiger partial charge in [0.15, 0.2) is 5.82 Å². The van der Waals surface area contributed by atoms with E-state index < -0.39 is 0 Å². The topological polar surface area (TPSA) is 41.0 Å². The normalized spacial score (nSPS) is 15.7. The molecule has 1 aliphatic rings. The Balaban J connectivity index is 1.91. The van der Waals surface area contributed by atoms with Crippen LogP contribution in [0, 0.1) is 6.92 Å². The Bertz CT molecular complexity index is 665. The van der Waals surface area contributed by atoms with Crippen molar-refractivity contribution in [1.29, 1.82) is 0 Å². The van der Waals surface area contributed by atoms with Crippen molar-refractivity contribution in [3.8, 4) is 11.4 Å². The van der Waals surface area contributed by atoms with Gasteiger partial charge in [0.25, 0.3) is 0 Å². The van der Waals surface area contributed by atoms with Crippen molar-refractivity contribution in [1.82, 2.24) is 15.3 Å². The van der Waals surface area contributed by atoms with E-state index in [0.29, 0.717) is 0 Å². The number of nitrogens with zero attached hydrogens (tertiary/aromatic N) is 3.